The van der Waals surface area contributed by atoms with Crippen molar-refractivity contribution in [2.24, 2.45) is 7.05 Å². The van der Waals surface area contributed by atoms with Gasteiger partial charge in [-0.3, -0.25) is 0 Å². The van der Waals surface area contributed by atoms with Gasteiger partial charge in [0.05, 0.1) is 17.2 Å². The Labute approximate surface area is 111 Å². The quantitative estimate of drug-likeness (QED) is 0.535. The zero-order chi connectivity index (χ0) is 13.0. The highest BCUT2D eigenvalue weighted by atomic mass is 32.1. The lowest BCUT2D eigenvalue weighted by Crippen LogP contribution is -1.92. The fraction of sp³-hybridized carbons (Fsp3) is 0.0833. The number of imidazole rings is 2. The molecule has 0 bridgehead atoms. The maximum absolute atomic E-state index is 13.0. The SMILES string of the molecule is Cn1c(-c2cn3nc(F)sc3n2)nc2ccccc21. The molecule has 0 spiro atoms. The lowest BCUT2D eigenvalue weighted by molar-refractivity contribution is 0.592. The van der Waals surface area contributed by atoms with Crippen molar-refractivity contribution in [3.05, 3.63) is 35.7 Å². The second-order valence-electron chi connectivity index (χ2n) is 4.19. The molecule has 4 aromatic rings. The number of hydrogen-bond acceptors (Lipinski definition) is 4. The van der Waals surface area contributed by atoms with E-state index in [4.69, 9.17) is 0 Å². The molecule has 0 atom stereocenters. The van der Waals surface area contributed by atoms with Gasteiger partial charge in [-0.2, -0.15) is 4.39 Å². The summed E-state index contributed by atoms with van der Waals surface area (Å²) in [7, 11) is 1.94. The molecule has 0 aliphatic carbocycles. The van der Waals surface area contributed by atoms with E-state index in [2.05, 4.69) is 15.1 Å². The van der Waals surface area contributed by atoms with E-state index >= 15 is 0 Å². The van der Waals surface area contributed by atoms with Crippen molar-refractivity contribution in [3.8, 4) is 11.5 Å². The van der Waals surface area contributed by atoms with E-state index in [9.17, 15) is 4.39 Å². The molecule has 0 unspecified atom stereocenters. The molecule has 3 heterocycles. The third kappa shape index (κ3) is 1.48. The van der Waals surface area contributed by atoms with Crippen LogP contribution in [-0.4, -0.2) is 24.1 Å². The number of aryl methyl sites for hydroxylation is 1. The van der Waals surface area contributed by atoms with E-state index in [-0.39, 0.29) is 0 Å². The van der Waals surface area contributed by atoms with Crippen LogP contribution in [0.5, 0.6) is 0 Å². The molecule has 4 rings (SSSR count). The summed E-state index contributed by atoms with van der Waals surface area (Å²) in [6.45, 7) is 0. The van der Waals surface area contributed by atoms with Gasteiger partial charge >= 0.3 is 0 Å². The van der Waals surface area contributed by atoms with Crippen LogP contribution in [0, 0.1) is 5.26 Å². The minimum Gasteiger partial charge on any atom is -0.326 e. The van der Waals surface area contributed by atoms with Crippen molar-refractivity contribution < 1.29 is 4.39 Å². The molecule has 7 heteroatoms. The summed E-state index contributed by atoms with van der Waals surface area (Å²) in [6.07, 6.45) is 1.69. The number of hydrogen-bond donors (Lipinski definition) is 0. The van der Waals surface area contributed by atoms with E-state index in [0.717, 1.165) is 28.2 Å². The third-order valence-electron chi connectivity index (χ3n) is 3.03. The summed E-state index contributed by atoms with van der Waals surface area (Å²) in [4.78, 5) is 9.43. The Morgan fingerprint density at radius 3 is 2.84 bits per heavy atom. The van der Waals surface area contributed by atoms with Crippen LogP contribution < -0.4 is 0 Å². The summed E-state index contributed by atoms with van der Waals surface area (Å²) < 4.78 is 16.4. The first-order chi connectivity index (χ1) is 9.22. The lowest BCUT2D eigenvalue weighted by atomic mass is 10.3. The molecule has 0 radical (unpaired) electrons. The van der Waals surface area contributed by atoms with Crippen LogP contribution in [0.15, 0.2) is 30.5 Å². The van der Waals surface area contributed by atoms with Crippen molar-refractivity contribution >= 4 is 27.3 Å². The van der Waals surface area contributed by atoms with Crippen molar-refractivity contribution in [2.45, 2.75) is 0 Å². The fourth-order valence-electron chi connectivity index (χ4n) is 2.16. The second kappa shape index (κ2) is 3.61. The smallest absolute Gasteiger partial charge is 0.289 e. The average molecular weight is 273 g/mol. The molecule has 0 fully saturated rings. The number of fused-ring (bicyclic) bond motifs is 2. The predicted octanol–water partition coefficient (Wildman–Crippen LogP) is 2.48. The monoisotopic (exact) mass is 273 g/mol. The molecule has 3 aromatic heterocycles. The van der Waals surface area contributed by atoms with Crippen LogP contribution in [0.2, 0.25) is 0 Å². The van der Waals surface area contributed by atoms with Crippen molar-refractivity contribution in [3.63, 3.8) is 0 Å². The Bertz CT molecular complexity index is 872. The van der Waals surface area contributed by atoms with E-state index in [1.165, 1.54) is 4.52 Å². The molecule has 0 amide bonds. The van der Waals surface area contributed by atoms with Crippen LogP contribution >= 0.6 is 11.3 Å². The minimum atomic E-state index is -0.487. The molecule has 0 saturated heterocycles. The molecule has 1 aromatic carbocycles. The molecule has 0 N–H and O–H groups in total. The molecule has 0 aliphatic rings. The molecule has 19 heavy (non-hydrogen) atoms. The maximum atomic E-state index is 13.0. The topological polar surface area (TPSA) is 48.0 Å². The van der Waals surface area contributed by atoms with Gasteiger partial charge in [0.25, 0.3) is 5.26 Å². The number of para-hydroxylation sites is 2. The van der Waals surface area contributed by atoms with Gasteiger partial charge in [0.2, 0.25) is 4.96 Å². The molecule has 0 aliphatic heterocycles. The summed E-state index contributed by atoms with van der Waals surface area (Å²) in [6, 6.07) is 7.87. The van der Waals surface area contributed by atoms with Crippen molar-refractivity contribution in [1.82, 2.24) is 24.1 Å². The van der Waals surface area contributed by atoms with Gasteiger partial charge in [-0.25, -0.2) is 14.5 Å². The van der Waals surface area contributed by atoms with Gasteiger partial charge in [0, 0.05) is 7.05 Å². The van der Waals surface area contributed by atoms with Crippen molar-refractivity contribution in [1.29, 1.82) is 0 Å². The molecule has 94 valence electrons. The zero-order valence-corrected chi connectivity index (χ0v) is 10.7. The van der Waals surface area contributed by atoms with Gasteiger partial charge in [0.15, 0.2) is 5.82 Å². The van der Waals surface area contributed by atoms with E-state index in [1.54, 1.807) is 6.20 Å². The summed E-state index contributed by atoms with van der Waals surface area (Å²) in [5.74, 6) is 0.749. The number of halogens is 1. The fourth-order valence-corrected chi connectivity index (χ4v) is 2.77. The predicted molar refractivity (Wildman–Crippen MR) is 70.5 cm³/mol. The van der Waals surface area contributed by atoms with Crippen LogP contribution in [0.25, 0.3) is 27.5 Å². The summed E-state index contributed by atoms with van der Waals surface area (Å²) >= 11 is 0.917. The van der Waals surface area contributed by atoms with Gasteiger partial charge in [-0.05, 0) is 23.5 Å². The van der Waals surface area contributed by atoms with E-state index in [0.29, 0.717) is 10.7 Å². The Hall–Kier alpha value is -2.28. The van der Waals surface area contributed by atoms with E-state index < -0.39 is 5.26 Å². The standard InChI is InChI=1S/C12H8FN5S/c1-17-9-5-3-2-4-7(9)14-10(17)8-6-18-12(15-8)19-11(13)16-18/h2-6H,1H3. The highest BCUT2D eigenvalue weighted by Gasteiger charge is 2.14. The summed E-state index contributed by atoms with van der Waals surface area (Å²) in [5, 5.41) is 3.22. The maximum Gasteiger partial charge on any atom is 0.289 e. The van der Waals surface area contributed by atoms with Crippen LogP contribution in [0.1, 0.15) is 0 Å². The van der Waals surface area contributed by atoms with Gasteiger partial charge in [0.1, 0.15) is 5.69 Å². The Balaban J connectivity index is 1.97. The Kier molecular flexibility index (Phi) is 2.02. The highest BCUT2D eigenvalue weighted by molar-refractivity contribution is 7.15. The van der Waals surface area contributed by atoms with Crippen LogP contribution in [0.4, 0.5) is 4.39 Å². The number of benzene rings is 1. The van der Waals surface area contributed by atoms with E-state index in [1.807, 2.05) is 35.9 Å². The Morgan fingerprint density at radius 1 is 1.21 bits per heavy atom. The lowest BCUT2D eigenvalue weighted by Gasteiger charge is -1.97. The number of nitrogens with zero attached hydrogens (tertiary/aromatic N) is 5. The minimum absolute atomic E-state index is 0.487. The highest BCUT2D eigenvalue weighted by Crippen LogP contribution is 2.24. The largest absolute Gasteiger partial charge is 0.326 e. The molecular formula is C12H8FN5S. The van der Waals surface area contributed by atoms with Gasteiger partial charge < -0.3 is 4.57 Å². The molecule has 5 nitrogen and oxygen atoms in total. The van der Waals surface area contributed by atoms with Crippen molar-refractivity contribution in [2.75, 3.05) is 0 Å². The zero-order valence-electron chi connectivity index (χ0n) is 9.91. The van der Waals surface area contributed by atoms with Gasteiger partial charge in [-0.15, -0.1) is 5.10 Å². The molecular weight excluding hydrogens is 265 g/mol. The van der Waals surface area contributed by atoms with Crippen LogP contribution in [0.3, 0.4) is 0 Å². The average Bonchev–Trinajstić information content (AvgIpc) is 3.01. The molecule has 0 saturated carbocycles. The first-order valence-electron chi connectivity index (χ1n) is 5.66. The first-order valence-corrected chi connectivity index (χ1v) is 6.47. The first kappa shape index (κ1) is 10.6. The summed E-state index contributed by atoms with van der Waals surface area (Å²) in [5.41, 5.74) is 2.64. The second-order valence-corrected chi connectivity index (χ2v) is 5.10. The number of rotatable bonds is 1. The number of aromatic nitrogens is 5. The third-order valence-corrected chi connectivity index (χ3v) is 3.75. The Morgan fingerprint density at radius 2 is 2.05 bits per heavy atom. The van der Waals surface area contributed by atoms with Crippen LogP contribution in [-0.2, 0) is 7.05 Å². The normalized spacial score (nSPS) is 11.7. The van der Waals surface area contributed by atoms with Gasteiger partial charge in [-0.1, -0.05) is 12.1 Å².